The molecule has 17 heavy (non-hydrogen) atoms. The maximum atomic E-state index is 3.64. The molecule has 3 rings (SSSR count). The van der Waals surface area contributed by atoms with E-state index >= 15 is 0 Å². The maximum absolute atomic E-state index is 3.64. The van der Waals surface area contributed by atoms with Crippen molar-refractivity contribution in [1.29, 1.82) is 0 Å². The molecule has 1 aliphatic heterocycles. The van der Waals surface area contributed by atoms with E-state index in [0.29, 0.717) is 6.04 Å². The first-order chi connectivity index (χ1) is 8.43. The lowest BCUT2D eigenvalue weighted by molar-refractivity contribution is 0.334. The molecule has 0 radical (unpaired) electrons. The molecule has 92 valence electrons. The molecule has 1 heterocycles. The molecule has 1 unspecified atom stereocenters. The van der Waals surface area contributed by atoms with Crippen LogP contribution in [0.1, 0.15) is 49.3 Å². The SMILES string of the molecule is c1ccc2c(c1)CNC2CCCNC1CCC1. The van der Waals surface area contributed by atoms with Gasteiger partial charge in [0.2, 0.25) is 0 Å². The topological polar surface area (TPSA) is 24.1 Å². The van der Waals surface area contributed by atoms with Crippen LogP contribution in [-0.4, -0.2) is 12.6 Å². The van der Waals surface area contributed by atoms with Crippen LogP contribution in [0, 0.1) is 0 Å². The van der Waals surface area contributed by atoms with Crippen molar-refractivity contribution in [2.45, 2.75) is 50.7 Å². The van der Waals surface area contributed by atoms with Crippen molar-refractivity contribution in [3.8, 4) is 0 Å². The van der Waals surface area contributed by atoms with Crippen molar-refractivity contribution in [2.24, 2.45) is 0 Å². The molecule has 0 bridgehead atoms. The molecule has 2 aliphatic rings. The van der Waals surface area contributed by atoms with Gasteiger partial charge in [-0.15, -0.1) is 0 Å². The van der Waals surface area contributed by atoms with Gasteiger partial charge in [0.15, 0.2) is 0 Å². The Morgan fingerprint density at radius 1 is 1.24 bits per heavy atom. The van der Waals surface area contributed by atoms with Gasteiger partial charge in [0.25, 0.3) is 0 Å². The predicted molar refractivity (Wildman–Crippen MR) is 70.9 cm³/mol. The van der Waals surface area contributed by atoms with E-state index in [-0.39, 0.29) is 0 Å². The fraction of sp³-hybridized carbons (Fsp3) is 0.600. The van der Waals surface area contributed by atoms with Gasteiger partial charge in [0.05, 0.1) is 0 Å². The van der Waals surface area contributed by atoms with E-state index in [9.17, 15) is 0 Å². The summed E-state index contributed by atoms with van der Waals surface area (Å²) in [5, 5.41) is 7.25. The zero-order valence-corrected chi connectivity index (χ0v) is 10.4. The normalized spacial score (nSPS) is 23.4. The van der Waals surface area contributed by atoms with E-state index in [4.69, 9.17) is 0 Å². The minimum Gasteiger partial charge on any atom is -0.314 e. The quantitative estimate of drug-likeness (QED) is 0.760. The molecule has 2 nitrogen and oxygen atoms in total. The summed E-state index contributed by atoms with van der Waals surface area (Å²) in [7, 11) is 0. The van der Waals surface area contributed by atoms with Crippen LogP contribution in [0.3, 0.4) is 0 Å². The van der Waals surface area contributed by atoms with Gasteiger partial charge in [-0.1, -0.05) is 30.7 Å². The minimum absolute atomic E-state index is 0.592. The highest BCUT2D eigenvalue weighted by Crippen LogP contribution is 2.28. The third-order valence-corrected chi connectivity index (χ3v) is 4.18. The van der Waals surface area contributed by atoms with Crippen LogP contribution in [-0.2, 0) is 6.54 Å². The van der Waals surface area contributed by atoms with Gasteiger partial charge in [-0.05, 0) is 43.4 Å². The summed E-state index contributed by atoms with van der Waals surface area (Å²) in [5.74, 6) is 0. The number of hydrogen-bond donors (Lipinski definition) is 2. The van der Waals surface area contributed by atoms with Crippen molar-refractivity contribution < 1.29 is 0 Å². The fourth-order valence-electron chi connectivity index (χ4n) is 2.86. The second kappa shape index (κ2) is 5.19. The molecule has 1 atom stereocenters. The third kappa shape index (κ3) is 2.53. The summed E-state index contributed by atoms with van der Waals surface area (Å²) < 4.78 is 0. The number of fused-ring (bicyclic) bond motifs is 1. The van der Waals surface area contributed by atoms with Crippen LogP contribution in [0.2, 0.25) is 0 Å². The molecule has 1 aromatic rings. The summed E-state index contributed by atoms with van der Waals surface area (Å²) in [6.07, 6.45) is 6.75. The average Bonchev–Trinajstić information content (AvgIpc) is 2.70. The Morgan fingerprint density at radius 2 is 2.12 bits per heavy atom. The number of hydrogen-bond acceptors (Lipinski definition) is 2. The molecule has 1 saturated carbocycles. The molecule has 0 saturated heterocycles. The van der Waals surface area contributed by atoms with Crippen LogP contribution in [0.5, 0.6) is 0 Å². The van der Waals surface area contributed by atoms with Crippen LogP contribution in [0.15, 0.2) is 24.3 Å². The van der Waals surface area contributed by atoms with Crippen LogP contribution in [0.4, 0.5) is 0 Å². The lowest BCUT2D eigenvalue weighted by Gasteiger charge is -2.26. The first-order valence-corrected chi connectivity index (χ1v) is 6.98. The lowest BCUT2D eigenvalue weighted by atomic mass is 9.93. The largest absolute Gasteiger partial charge is 0.314 e. The molecule has 1 aromatic carbocycles. The highest BCUT2D eigenvalue weighted by Gasteiger charge is 2.21. The highest BCUT2D eigenvalue weighted by molar-refractivity contribution is 5.33. The third-order valence-electron chi connectivity index (χ3n) is 4.18. The van der Waals surface area contributed by atoms with Gasteiger partial charge in [-0.3, -0.25) is 0 Å². The first kappa shape index (κ1) is 11.2. The van der Waals surface area contributed by atoms with E-state index in [0.717, 1.165) is 12.6 Å². The minimum atomic E-state index is 0.592. The van der Waals surface area contributed by atoms with E-state index in [1.54, 1.807) is 0 Å². The first-order valence-electron chi connectivity index (χ1n) is 6.98. The fourth-order valence-corrected chi connectivity index (χ4v) is 2.86. The van der Waals surface area contributed by atoms with Crippen molar-refractivity contribution in [3.63, 3.8) is 0 Å². The zero-order chi connectivity index (χ0) is 11.5. The van der Waals surface area contributed by atoms with Gasteiger partial charge >= 0.3 is 0 Å². The van der Waals surface area contributed by atoms with Crippen molar-refractivity contribution >= 4 is 0 Å². The van der Waals surface area contributed by atoms with E-state index in [2.05, 4.69) is 34.9 Å². The number of nitrogens with one attached hydrogen (secondary N) is 2. The van der Waals surface area contributed by atoms with Crippen molar-refractivity contribution in [3.05, 3.63) is 35.4 Å². The van der Waals surface area contributed by atoms with E-state index in [1.807, 2.05) is 0 Å². The maximum Gasteiger partial charge on any atom is 0.0326 e. The Morgan fingerprint density at radius 3 is 2.94 bits per heavy atom. The van der Waals surface area contributed by atoms with Crippen LogP contribution >= 0.6 is 0 Å². The standard InChI is InChI=1S/C15H22N2/c1-2-8-14-12(5-1)11-17-15(14)9-4-10-16-13-6-3-7-13/h1-2,5,8,13,15-17H,3-4,6-7,9-11H2. The average molecular weight is 230 g/mol. The van der Waals surface area contributed by atoms with Crippen LogP contribution in [0.25, 0.3) is 0 Å². The molecule has 0 spiro atoms. The lowest BCUT2D eigenvalue weighted by Crippen LogP contribution is -2.35. The summed E-state index contributed by atoms with van der Waals surface area (Å²) in [5.41, 5.74) is 3.01. The summed E-state index contributed by atoms with van der Waals surface area (Å²) in [4.78, 5) is 0. The number of rotatable bonds is 5. The Labute approximate surface area is 104 Å². The summed E-state index contributed by atoms with van der Waals surface area (Å²) in [6, 6.07) is 10.2. The summed E-state index contributed by atoms with van der Waals surface area (Å²) >= 11 is 0. The van der Waals surface area contributed by atoms with Gasteiger partial charge in [0.1, 0.15) is 0 Å². The monoisotopic (exact) mass is 230 g/mol. The molecule has 1 aliphatic carbocycles. The highest BCUT2D eigenvalue weighted by atomic mass is 14.9. The molecule has 1 fully saturated rings. The van der Waals surface area contributed by atoms with Gasteiger partial charge in [-0.25, -0.2) is 0 Å². The Bertz CT molecular complexity index is 371. The molecule has 0 aromatic heterocycles. The number of benzene rings is 1. The van der Waals surface area contributed by atoms with Crippen molar-refractivity contribution in [2.75, 3.05) is 6.54 Å². The van der Waals surface area contributed by atoms with Gasteiger partial charge in [-0.2, -0.15) is 0 Å². The Hall–Kier alpha value is -0.860. The summed E-state index contributed by atoms with van der Waals surface area (Å²) in [6.45, 7) is 2.24. The van der Waals surface area contributed by atoms with Gasteiger partial charge < -0.3 is 10.6 Å². The second-order valence-electron chi connectivity index (χ2n) is 5.36. The van der Waals surface area contributed by atoms with Crippen LogP contribution < -0.4 is 10.6 Å². The Kier molecular flexibility index (Phi) is 3.44. The molecular formula is C15H22N2. The van der Waals surface area contributed by atoms with Gasteiger partial charge in [0, 0.05) is 18.6 Å². The van der Waals surface area contributed by atoms with E-state index in [1.165, 1.54) is 49.8 Å². The zero-order valence-electron chi connectivity index (χ0n) is 10.4. The second-order valence-corrected chi connectivity index (χ2v) is 5.36. The molecular weight excluding hydrogens is 208 g/mol. The molecule has 2 N–H and O–H groups in total. The molecule has 2 heteroatoms. The Balaban J connectivity index is 1.43. The smallest absolute Gasteiger partial charge is 0.0326 e. The molecule has 0 amide bonds. The van der Waals surface area contributed by atoms with E-state index < -0.39 is 0 Å². The predicted octanol–water partition coefficient (Wildman–Crippen LogP) is 2.75. The van der Waals surface area contributed by atoms with Crippen molar-refractivity contribution in [1.82, 2.24) is 10.6 Å².